The van der Waals surface area contributed by atoms with Gasteiger partial charge in [0.05, 0.1) is 25.2 Å². The Morgan fingerprint density at radius 3 is 2.36 bits per heavy atom. The molecule has 0 bridgehead atoms. The number of hydrogen-bond donors (Lipinski definition) is 0. The van der Waals surface area contributed by atoms with Crippen molar-refractivity contribution in [3.8, 4) is 11.5 Å². The molecule has 2 aromatic carbocycles. The van der Waals surface area contributed by atoms with Gasteiger partial charge in [0.15, 0.2) is 11.5 Å². The van der Waals surface area contributed by atoms with Crippen LogP contribution < -0.4 is 9.47 Å². The quantitative estimate of drug-likeness (QED) is 0.662. The highest BCUT2D eigenvalue weighted by atomic mass is 32.2. The van der Waals surface area contributed by atoms with E-state index in [-0.39, 0.29) is 0 Å². The third-order valence-corrected chi connectivity index (χ3v) is 6.95. The van der Waals surface area contributed by atoms with E-state index in [0.29, 0.717) is 29.5 Å². The number of sulfonamides is 1. The summed E-state index contributed by atoms with van der Waals surface area (Å²) in [5.74, 6) is 1.18. The lowest BCUT2D eigenvalue weighted by molar-refractivity contribution is 0.296. The van der Waals surface area contributed by atoms with E-state index in [2.05, 4.69) is 4.57 Å². The predicted octanol–water partition coefficient (Wildman–Crippen LogP) is 3.30. The first kappa shape index (κ1) is 18.6. The molecule has 28 heavy (non-hydrogen) atoms. The number of nitrogens with zero attached hydrogens (tertiary/aromatic N) is 2. The van der Waals surface area contributed by atoms with E-state index in [1.807, 2.05) is 42.6 Å². The SMILES string of the molecule is COc1ccc([C@H]2c3cccn3CCN2S(=O)(=O)c2ccccc2)cc1OC. The van der Waals surface area contributed by atoms with Crippen molar-refractivity contribution in [3.63, 3.8) is 0 Å². The van der Waals surface area contributed by atoms with Crippen LogP contribution in [0.25, 0.3) is 0 Å². The summed E-state index contributed by atoms with van der Waals surface area (Å²) >= 11 is 0. The molecular weight excluding hydrogens is 376 g/mol. The van der Waals surface area contributed by atoms with Crippen LogP contribution in [0.2, 0.25) is 0 Å². The Labute approximate surface area is 165 Å². The molecule has 0 spiro atoms. The van der Waals surface area contributed by atoms with Gasteiger partial charge in [0.1, 0.15) is 0 Å². The zero-order valence-electron chi connectivity index (χ0n) is 15.8. The molecule has 0 amide bonds. The van der Waals surface area contributed by atoms with Crippen molar-refractivity contribution >= 4 is 10.0 Å². The van der Waals surface area contributed by atoms with Crippen LogP contribution in [0, 0.1) is 0 Å². The molecule has 1 aliphatic heterocycles. The minimum absolute atomic E-state index is 0.292. The van der Waals surface area contributed by atoms with Gasteiger partial charge in [-0.15, -0.1) is 0 Å². The molecule has 2 heterocycles. The molecule has 0 aliphatic carbocycles. The van der Waals surface area contributed by atoms with Crippen molar-refractivity contribution < 1.29 is 17.9 Å². The summed E-state index contributed by atoms with van der Waals surface area (Å²) in [5, 5.41) is 0. The minimum atomic E-state index is -3.67. The molecule has 7 heteroatoms. The van der Waals surface area contributed by atoms with Crippen molar-refractivity contribution in [2.45, 2.75) is 17.5 Å². The molecule has 0 radical (unpaired) electrons. The highest BCUT2D eigenvalue weighted by Gasteiger charge is 2.37. The molecule has 0 unspecified atom stereocenters. The topological polar surface area (TPSA) is 60.8 Å². The fourth-order valence-electron chi connectivity index (χ4n) is 3.71. The van der Waals surface area contributed by atoms with E-state index in [0.717, 1.165) is 11.3 Å². The number of methoxy groups -OCH3 is 2. The van der Waals surface area contributed by atoms with Gasteiger partial charge in [0.2, 0.25) is 10.0 Å². The maximum atomic E-state index is 13.4. The summed E-state index contributed by atoms with van der Waals surface area (Å²) in [5.41, 5.74) is 1.76. The Morgan fingerprint density at radius 1 is 0.893 bits per heavy atom. The van der Waals surface area contributed by atoms with Crippen LogP contribution in [-0.4, -0.2) is 38.1 Å². The van der Waals surface area contributed by atoms with Crippen LogP contribution in [-0.2, 0) is 16.6 Å². The lowest BCUT2D eigenvalue weighted by atomic mass is 10.0. The molecule has 1 atom stereocenters. The van der Waals surface area contributed by atoms with Gasteiger partial charge in [-0.05, 0) is 42.0 Å². The van der Waals surface area contributed by atoms with Crippen LogP contribution in [0.5, 0.6) is 11.5 Å². The summed E-state index contributed by atoms with van der Waals surface area (Å²) in [7, 11) is -0.515. The number of fused-ring (bicyclic) bond motifs is 1. The molecule has 3 aromatic rings. The molecule has 6 nitrogen and oxygen atoms in total. The fourth-order valence-corrected chi connectivity index (χ4v) is 5.31. The maximum Gasteiger partial charge on any atom is 0.244 e. The monoisotopic (exact) mass is 398 g/mol. The molecule has 0 N–H and O–H groups in total. The Bertz CT molecular complexity index is 1080. The van der Waals surface area contributed by atoms with Gasteiger partial charge >= 0.3 is 0 Å². The third kappa shape index (κ3) is 3.06. The predicted molar refractivity (Wildman–Crippen MR) is 106 cm³/mol. The summed E-state index contributed by atoms with van der Waals surface area (Å²) < 4.78 is 41.3. The number of benzene rings is 2. The van der Waals surface area contributed by atoms with E-state index in [1.54, 1.807) is 42.8 Å². The highest BCUT2D eigenvalue weighted by molar-refractivity contribution is 7.89. The van der Waals surface area contributed by atoms with Gasteiger partial charge in [-0.1, -0.05) is 24.3 Å². The lowest BCUT2D eigenvalue weighted by Gasteiger charge is -2.36. The molecule has 1 aromatic heterocycles. The fraction of sp³-hybridized carbons (Fsp3) is 0.238. The average molecular weight is 398 g/mol. The largest absolute Gasteiger partial charge is 0.493 e. The average Bonchev–Trinajstić information content (AvgIpc) is 3.22. The van der Waals surface area contributed by atoms with Crippen LogP contribution in [0.4, 0.5) is 0 Å². The standard InChI is InChI=1S/C21H22N2O4S/c1-26-19-11-10-16(15-20(19)27-2)21-18-9-6-12-22(18)13-14-23(21)28(24,25)17-7-4-3-5-8-17/h3-12,15,21H,13-14H2,1-2H3/t21-/m0/s1. The van der Waals surface area contributed by atoms with E-state index in [1.165, 1.54) is 0 Å². The smallest absolute Gasteiger partial charge is 0.244 e. The van der Waals surface area contributed by atoms with Crippen molar-refractivity contribution in [1.82, 2.24) is 8.87 Å². The molecule has 146 valence electrons. The molecular formula is C21H22N2O4S. The van der Waals surface area contributed by atoms with Gasteiger partial charge in [-0.25, -0.2) is 8.42 Å². The summed E-state index contributed by atoms with van der Waals surface area (Å²) in [6, 6.07) is 17.6. The van der Waals surface area contributed by atoms with Crippen LogP contribution >= 0.6 is 0 Å². The van der Waals surface area contributed by atoms with E-state index < -0.39 is 16.1 Å². The number of hydrogen-bond acceptors (Lipinski definition) is 4. The molecule has 0 saturated carbocycles. The second kappa shape index (κ2) is 7.33. The Hall–Kier alpha value is -2.77. The van der Waals surface area contributed by atoms with Gasteiger partial charge in [-0.2, -0.15) is 4.31 Å². The lowest BCUT2D eigenvalue weighted by Crippen LogP contribution is -2.42. The molecule has 4 rings (SSSR count). The molecule has 1 aliphatic rings. The first-order valence-corrected chi connectivity index (χ1v) is 10.4. The summed E-state index contributed by atoms with van der Waals surface area (Å²) in [6.45, 7) is 0.996. The summed E-state index contributed by atoms with van der Waals surface area (Å²) in [6.07, 6.45) is 1.98. The Morgan fingerprint density at radius 2 is 1.64 bits per heavy atom. The Balaban J connectivity index is 1.86. The second-order valence-corrected chi connectivity index (χ2v) is 8.46. The van der Waals surface area contributed by atoms with Crippen molar-refractivity contribution in [2.24, 2.45) is 0 Å². The highest BCUT2D eigenvalue weighted by Crippen LogP contribution is 2.39. The molecule has 0 fully saturated rings. The van der Waals surface area contributed by atoms with Crippen LogP contribution in [0.1, 0.15) is 17.3 Å². The minimum Gasteiger partial charge on any atom is -0.493 e. The van der Waals surface area contributed by atoms with Gasteiger partial charge in [-0.3, -0.25) is 0 Å². The maximum absolute atomic E-state index is 13.4. The molecule has 0 saturated heterocycles. The summed E-state index contributed by atoms with van der Waals surface area (Å²) in [4.78, 5) is 0.292. The van der Waals surface area contributed by atoms with Crippen LogP contribution in [0.15, 0.2) is 71.8 Å². The first-order chi connectivity index (χ1) is 13.6. The van der Waals surface area contributed by atoms with Crippen molar-refractivity contribution in [1.29, 1.82) is 0 Å². The third-order valence-electron chi connectivity index (χ3n) is 5.07. The van der Waals surface area contributed by atoms with Gasteiger partial charge in [0, 0.05) is 25.0 Å². The number of aromatic nitrogens is 1. The number of rotatable bonds is 5. The second-order valence-electron chi connectivity index (χ2n) is 6.57. The van der Waals surface area contributed by atoms with E-state index >= 15 is 0 Å². The van der Waals surface area contributed by atoms with Gasteiger partial charge < -0.3 is 14.0 Å². The normalized spacial score (nSPS) is 17.1. The van der Waals surface area contributed by atoms with Crippen LogP contribution in [0.3, 0.4) is 0 Å². The van der Waals surface area contributed by atoms with E-state index in [4.69, 9.17) is 9.47 Å². The number of ether oxygens (including phenoxy) is 2. The van der Waals surface area contributed by atoms with E-state index in [9.17, 15) is 8.42 Å². The van der Waals surface area contributed by atoms with Crippen molar-refractivity contribution in [2.75, 3.05) is 20.8 Å². The zero-order valence-corrected chi connectivity index (χ0v) is 16.6. The van der Waals surface area contributed by atoms with Gasteiger partial charge in [0.25, 0.3) is 0 Å². The zero-order chi connectivity index (χ0) is 19.7. The van der Waals surface area contributed by atoms with Crippen molar-refractivity contribution in [3.05, 3.63) is 78.1 Å². The Kier molecular flexibility index (Phi) is 4.87. The first-order valence-electron chi connectivity index (χ1n) is 9.00.